The van der Waals surface area contributed by atoms with Crippen molar-refractivity contribution in [3.05, 3.63) is 42.0 Å². The molecule has 158 valence electrons. The first kappa shape index (κ1) is 24.3. The third-order valence-electron chi connectivity index (χ3n) is 4.91. The van der Waals surface area contributed by atoms with E-state index >= 15 is 0 Å². The van der Waals surface area contributed by atoms with Crippen LogP contribution in [0.25, 0.3) is 0 Å². The van der Waals surface area contributed by atoms with Gasteiger partial charge in [0.1, 0.15) is 0 Å². The van der Waals surface area contributed by atoms with Crippen LogP contribution in [0.1, 0.15) is 90.0 Å². The van der Waals surface area contributed by atoms with E-state index in [0.717, 1.165) is 30.6 Å². The lowest BCUT2D eigenvalue weighted by molar-refractivity contribution is -0.142. The van der Waals surface area contributed by atoms with Crippen LogP contribution >= 0.6 is 0 Å². The van der Waals surface area contributed by atoms with Crippen molar-refractivity contribution in [1.82, 2.24) is 0 Å². The first-order chi connectivity index (χ1) is 13.8. The Bertz CT molecular complexity index is 539. The summed E-state index contributed by atoms with van der Waals surface area (Å²) in [5.74, 6) is -0.166. The van der Waals surface area contributed by atoms with Gasteiger partial charge in [-0.25, -0.2) is 0 Å². The van der Waals surface area contributed by atoms with E-state index in [-0.39, 0.29) is 5.97 Å². The van der Waals surface area contributed by atoms with Crippen LogP contribution < -0.4 is 5.32 Å². The minimum Gasteiger partial charge on any atom is -0.466 e. The van der Waals surface area contributed by atoms with Crippen LogP contribution in [0, 0.1) is 0 Å². The summed E-state index contributed by atoms with van der Waals surface area (Å²) in [4.78, 5) is 11.7. The number of hydrogen-bond acceptors (Lipinski definition) is 3. The Morgan fingerprint density at radius 3 is 2.25 bits per heavy atom. The fourth-order valence-electron chi connectivity index (χ4n) is 3.29. The molecule has 0 spiro atoms. The average molecular weight is 388 g/mol. The molecule has 0 saturated carbocycles. The van der Waals surface area contributed by atoms with Crippen LogP contribution in [0.2, 0.25) is 0 Å². The predicted molar refractivity (Wildman–Crippen MR) is 121 cm³/mol. The third-order valence-corrected chi connectivity index (χ3v) is 4.91. The highest BCUT2D eigenvalue weighted by molar-refractivity contribution is 5.75. The number of carbonyl (C=O) groups is 1. The van der Waals surface area contributed by atoms with Gasteiger partial charge in [-0.1, -0.05) is 82.2 Å². The zero-order valence-corrected chi connectivity index (χ0v) is 18.2. The lowest BCUT2D eigenvalue weighted by Crippen LogP contribution is -2.10. The van der Waals surface area contributed by atoms with Gasteiger partial charge in [-0.05, 0) is 44.2 Å². The molecule has 3 heteroatoms. The fourth-order valence-corrected chi connectivity index (χ4v) is 3.29. The van der Waals surface area contributed by atoms with Crippen molar-refractivity contribution in [3.63, 3.8) is 0 Å². The van der Waals surface area contributed by atoms with Crippen LogP contribution in [-0.2, 0) is 16.0 Å². The molecule has 0 aliphatic rings. The van der Waals surface area contributed by atoms with Gasteiger partial charge < -0.3 is 10.1 Å². The Balaban J connectivity index is 2.07. The third kappa shape index (κ3) is 12.6. The summed E-state index contributed by atoms with van der Waals surface area (Å²) in [6, 6.07) is 7.99. The number of esters is 1. The number of nitrogens with one attached hydrogen (secondary N) is 1. The number of allylic oxidation sites excluding steroid dienone is 2. The van der Waals surface area contributed by atoms with Crippen molar-refractivity contribution in [1.29, 1.82) is 0 Å². The van der Waals surface area contributed by atoms with Gasteiger partial charge in [-0.2, -0.15) is 0 Å². The van der Waals surface area contributed by atoms with Crippen LogP contribution in [0.4, 0.5) is 5.69 Å². The number of rotatable bonds is 17. The Kier molecular flexibility index (Phi) is 15.0. The van der Waals surface area contributed by atoms with E-state index in [4.69, 9.17) is 4.74 Å². The van der Waals surface area contributed by atoms with E-state index in [1.54, 1.807) is 0 Å². The molecule has 0 amide bonds. The van der Waals surface area contributed by atoms with Crippen LogP contribution in [-0.4, -0.2) is 19.1 Å². The van der Waals surface area contributed by atoms with Crippen LogP contribution in [0.15, 0.2) is 36.4 Å². The second-order valence-electron chi connectivity index (χ2n) is 7.44. The average Bonchev–Trinajstić information content (AvgIpc) is 2.69. The van der Waals surface area contributed by atoms with Crippen LogP contribution in [0.5, 0.6) is 0 Å². The van der Waals surface area contributed by atoms with Gasteiger partial charge in [0, 0.05) is 12.2 Å². The van der Waals surface area contributed by atoms with Crippen molar-refractivity contribution < 1.29 is 9.53 Å². The maximum absolute atomic E-state index is 11.7. The molecule has 0 aliphatic heterocycles. The van der Waals surface area contributed by atoms with E-state index in [1.807, 2.05) is 31.2 Å². The molecule has 0 unspecified atom stereocenters. The molecular weight excluding hydrogens is 346 g/mol. The molecular formula is C25H41NO2. The van der Waals surface area contributed by atoms with E-state index in [1.165, 1.54) is 57.8 Å². The van der Waals surface area contributed by atoms with Crippen molar-refractivity contribution in [2.45, 2.75) is 90.9 Å². The number of anilines is 1. The summed E-state index contributed by atoms with van der Waals surface area (Å²) in [7, 11) is 0. The van der Waals surface area contributed by atoms with Crippen molar-refractivity contribution >= 4 is 11.7 Å². The maximum Gasteiger partial charge on any atom is 0.310 e. The van der Waals surface area contributed by atoms with Gasteiger partial charge >= 0.3 is 5.97 Å². The molecule has 0 heterocycles. The van der Waals surface area contributed by atoms with E-state index < -0.39 is 0 Å². The molecule has 0 aromatic heterocycles. The molecule has 3 nitrogen and oxygen atoms in total. The van der Waals surface area contributed by atoms with Gasteiger partial charge in [0.25, 0.3) is 0 Å². The fraction of sp³-hybridized carbons (Fsp3) is 0.640. The smallest absolute Gasteiger partial charge is 0.310 e. The van der Waals surface area contributed by atoms with Gasteiger partial charge in [-0.15, -0.1) is 0 Å². The Labute approximate surface area is 173 Å². The highest BCUT2D eigenvalue weighted by atomic mass is 16.5. The molecule has 0 fully saturated rings. The molecule has 1 aromatic carbocycles. The first-order valence-electron chi connectivity index (χ1n) is 11.4. The highest BCUT2D eigenvalue weighted by Crippen LogP contribution is 2.16. The quantitative estimate of drug-likeness (QED) is 0.176. The number of unbranched alkanes of at least 4 members (excludes halogenated alkanes) is 9. The second-order valence-corrected chi connectivity index (χ2v) is 7.44. The molecule has 1 aromatic rings. The molecule has 0 saturated heterocycles. The van der Waals surface area contributed by atoms with Gasteiger partial charge in [0.05, 0.1) is 13.0 Å². The number of ether oxygens (including phenoxy) is 1. The summed E-state index contributed by atoms with van der Waals surface area (Å²) < 4.78 is 5.05. The minimum absolute atomic E-state index is 0.166. The largest absolute Gasteiger partial charge is 0.466 e. The molecule has 0 bridgehead atoms. The summed E-state index contributed by atoms with van der Waals surface area (Å²) >= 11 is 0. The summed E-state index contributed by atoms with van der Waals surface area (Å²) in [5, 5.41) is 3.46. The molecule has 0 atom stereocenters. The second kappa shape index (κ2) is 17.3. The standard InChI is InChI=1S/C25H41NO2/c1-3-5-6-7-8-9-10-11-12-13-14-15-18-21-26-24-20-17-16-19-23(24)22-25(27)28-4-2/h13-14,16-17,19-20,26H,3-12,15,18,21-22H2,1-2H3. The summed E-state index contributed by atoms with van der Waals surface area (Å²) in [5.41, 5.74) is 2.05. The Morgan fingerprint density at radius 2 is 1.54 bits per heavy atom. The lowest BCUT2D eigenvalue weighted by Gasteiger charge is -2.11. The van der Waals surface area contributed by atoms with E-state index in [2.05, 4.69) is 24.4 Å². The monoisotopic (exact) mass is 387 g/mol. The van der Waals surface area contributed by atoms with Crippen molar-refractivity contribution in [2.24, 2.45) is 0 Å². The maximum atomic E-state index is 11.7. The SMILES string of the molecule is CCCCCCCCCCC=CCCCNc1ccccc1CC(=O)OCC. The van der Waals surface area contributed by atoms with Crippen LogP contribution in [0.3, 0.4) is 0 Å². The predicted octanol–water partition coefficient (Wildman–Crippen LogP) is 7.07. The molecule has 1 N–H and O–H groups in total. The minimum atomic E-state index is -0.166. The number of benzene rings is 1. The number of carbonyl (C=O) groups excluding carboxylic acids is 1. The van der Waals surface area contributed by atoms with Crippen molar-refractivity contribution in [2.75, 3.05) is 18.5 Å². The number of hydrogen-bond donors (Lipinski definition) is 1. The van der Waals surface area contributed by atoms with Crippen molar-refractivity contribution in [3.8, 4) is 0 Å². The zero-order valence-electron chi connectivity index (χ0n) is 18.2. The molecule has 28 heavy (non-hydrogen) atoms. The normalized spacial score (nSPS) is 11.1. The lowest BCUT2D eigenvalue weighted by atomic mass is 10.1. The van der Waals surface area contributed by atoms with Gasteiger partial charge in [0.15, 0.2) is 0 Å². The van der Waals surface area contributed by atoms with Gasteiger partial charge in [-0.3, -0.25) is 4.79 Å². The zero-order chi connectivity index (χ0) is 20.3. The first-order valence-corrected chi connectivity index (χ1v) is 11.4. The molecule has 0 radical (unpaired) electrons. The van der Waals surface area contributed by atoms with E-state index in [9.17, 15) is 4.79 Å². The molecule has 1 rings (SSSR count). The van der Waals surface area contributed by atoms with Gasteiger partial charge in [0.2, 0.25) is 0 Å². The Morgan fingerprint density at radius 1 is 0.893 bits per heavy atom. The Hall–Kier alpha value is -1.77. The molecule has 0 aliphatic carbocycles. The number of para-hydroxylation sites is 1. The summed E-state index contributed by atoms with van der Waals surface area (Å²) in [6.07, 6.45) is 19.5. The van der Waals surface area contributed by atoms with E-state index in [0.29, 0.717) is 13.0 Å². The topological polar surface area (TPSA) is 38.3 Å². The summed E-state index contributed by atoms with van der Waals surface area (Å²) in [6.45, 7) is 5.46. The highest BCUT2D eigenvalue weighted by Gasteiger charge is 2.07.